The van der Waals surface area contributed by atoms with Gasteiger partial charge in [0.05, 0.1) is 15.6 Å². The molecule has 0 spiro atoms. The smallest absolute Gasteiger partial charge is 0.243 e. The van der Waals surface area contributed by atoms with Gasteiger partial charge in [-0.15, -0.1) is 0 Å². The summed E-state index contributed by atoms with van der Waals surface area (Å²) < 4.78 is 26.8. The van der Waals surface area contributed by atoms with Crippen LogP contribution in [-0.4, -0.2) is 49.8 Å². The lowest BCUT2D eigenvalue weighted by Gasteiger charge is -2.41. The zero-order chi connectivity index (χ0) is 15.1. The molecule has 0 saturated carbocycles. The molecule has 1 aliphatic heterocycles. The average Bonchev–Trinajstić information content (AvgIpc) is 2.38. The highest BCUT2D eigenvalue weighted by Gasteiger charge is 2.34. The third-order valence-electron chi connectivity index (χ3n) is 3.94. The van der Waals surface area contributed by atoms with E-state index >= 15 is 0 Å². The average molecular weight is 318 g/mol. The molecule has 0 aliphatic carbocycles. The number of rotatable bonds is 2. The number of hydrogen-bond donors (Lipinski definition) is 1. The van der Waals surface area contributed by atoms with E-state index in [0.717, 1.165) is 0 Å². The molecular weight excluding hydrogens is 298 g/mol. The fourth-order valence-corrected chi connectivity index (χ4v) is 4.24. The van der Waals surface area contributed by atoms with E-state index in [9.17, 15) is 8.42 Å². The maximum Gasteiger partial charge on any atom is 0.243 e. The van der Waals surface area contributed by atoms with Crippen LogP contribution in [0.1, 0.15) is 13.8 Å². The van der Waals surface area contributed by atoms with Crippen LogP contribution in [0.4, 0.5) is 5.69 Å². The summed E-state index contributed by atoms with van der Waals surface area (Å²) in [5.74, 6) is 0. The van der Waals surface area contributed by atoms with Crippen molar-refractivity contribution < 1.29 is 8.42 Å². The molecule has 5 nitrogen and oxygen atoms in total. The first-order chi connectivity index (χ1) is 9.23. The highest BCUT2D eigenvalue weighted by molar-refractivity contribution is 7.89. The maximum absolute atomic E-state index is 12.7. The van der Waals surface area contributed by atoms with Gasteiger partial charge in [0, 0.05) is 25.2 Å². The van der Waals surface area contributed by atoms with Crippen molar-refractivity contribution in [2.24, 2.45) is 0 Å². The summed E-state index contributed by atoms with van der Waals surface area (Å²) in [5, 5.41) is 0.265. The molecule has 0 amide bonds. The van der Waals surface area contributed by atoms with E-state index in [1.54, 1.807) is 0 Å². The maximum atomic E-state index is 12.7. The van der Waals surface area contributed by atoms with Crippen LogP contribution in [-0.2, 0) is 10.0 Å². The van der Waals surface area contributed by atoms with Crippen LogP contribution in [0.3, 0.4) is 0 Å². The van der Waals surface area contributed by atoms with Crippen LogP contribution in [0.5, 0.6) is 0 Å². The number of piperazine rings is 1. The van der Waals surface area contributed by atoms with Crippen molar-refractivity contribution in [3.8, 4) is 0 Å². The lowest BCUT2D eigenvalue weighted by molar-refractivity contribution is 0.105. The van der Waals surface area contributed by atoms with Gasteiger partial charge in [0.15, 0.2) is 0 Å². The number of sulfonamides is 1. The van der Waals surface area contributed by atoms with Crippen molar-refractivity contribution in [1.29, 1.82) is 0 Å². The zero-order valence-corrected chi connectivity index (χ0v) is 13.4. The van der Waals surface area contributed by atoms with Gasteiger partial charge in [0.25, 0.3) is 0 Å². The van der Waals surface area contributed by atoms with E-state index in [-0.39, 0.29) is 22.0 Å². The molecule has 0 bridgehead atoms. The Morgan fingerprint density at radius 2 is 1.80 bits per heavy atom. The van der Waals surface area contributed by atoms with Gasteiger partial charge in [0.1, 0.15) is 0 Å². The number of likely N-dealkylation sites (N-methyl/N-ethyl adjacent to an activating group) is 1. The fourth-order valence-electron chi connectivity index (χ4n) is 2.37. The Kier molecular flexibility index (Phi) is 4.30. The molecule has 1 aromatic carbocycles. The normalized spacial score (nSPS) is 25.8. The Balaban J connectivity index is 2.33. The summed E-state index contributed by atoms with van der Waals surface area (Å²) in [4.78, 5) is 2.38. The summed E-state index contributed by atoms with van der Waals surface area (Å²) >= 11 is 5.92. The van der Waals surface area contributed by atoms with Crippen molar-refractivity contribution in [3.63, 3.8) is 0 Å². The summed E-state index contributed by atoms with van der Waals surface area (Å²) in [6, 6.07) is 4.80. The van der Waals surface area contributed by atoms with Gasteiger partial charge in [-0.05, 0) is 39.1 Å². The van der Waals surface area contributed by atoms with E-state index in [1.807, 2.05) is 20.9 Å². The predicted octanol–water partition coefficient (Wildman–Crippen LogP) is 1.64. The Bertz CT molecular complexity index is 594. The van der Waals surface area contributed by atoms with Gasteiger partial charge in [-0.25, -0.2) is 8.42 Å². The number of halogens is 1. The highest BCUT2D eigenvalue weighted by atomic mass is 35.5. The predicted molar refractivity (Wildman–Crippen MR) is 81.3 cm³/mol. The van der Waals surface area contributed by atoms with Gasteiger partial charge in [-0.1, -0.05) is 11.6 Å². The first kappa shape index (κ1) is 15.6. The minimum Gasteiger partial charge on any atom is -0.398 e. The summed E-state index contributed by atoms with van der Waals surface area (Å²) in [7, 11) is -1.51. The molecule has 1 saturated heterocycles. The SMILES string of the molecule is CC1CN(S(=O)(=O)c2ccc(N)c(Cl)c2)CC(C)N1C. The number of nitrogen functional groups attached to an aromatic ring is 1. The van der Waals surface area contributed by atoms with Crippen molar-refractivity contribution >= 4 is 27.3 Å². The first-order valence-corrected chi connectivity index (χ1v) is 8.32. The van der Waals surface area contributed by atoms with Gasteiger partial charge in [-0.2, -0.15) is 4.31 Å². The number of benzene rings is 1. The molecule has 2 rings (SSSR count). The molecule has 1 aromatic rings. The van der Waals surface area contributed by atoms with Crippen molar-refractivity contribution in [3.05, 3.63) is 23.2 Å². The van der Waals surface area contributed by atoms with Crippen LogP contribution in [0.2, 0.25) is 5.02 Å². The van der Waals surface area contributed by atoms with Gasteiger partial charge in [-0.3, -0.25) is 4.90 Å². The molecule has 2 unspecified atom stereocenters. The third kappa shape index (κ3) is 2.79. The molecule has 7 heteroatoms. The van der Waals surface area contributed by atoms with Crippen LogP contribution in [0.15, 0.2) is 23.1 Å². The second-order valence-corrected chi connectivity index (χ2v) is 7.71. The Morgan fingerprint density at radius 3 is 2.30 bits per heavy atom. The molecule has 2 N–H and O–H groups in total. The molecule has 1 aliphatic rings. The quantitative estimate of drug-likeness (QED) is 0.842. The fraction of sp³-hybridized carbons (Fsp3) is 0.538. The second-order valence-electron chi connectivity index (χ2n) is 5.37. The Morgan fingerprint density at radius 1 is 1.25 bits per heavy atom. The summed E-state index contributed by atoms with van der Waals surface area (Å²) in [6.45, 7) is 5.00. The highest BCUT2D eigenvalue weighted by Crippen LogP contribution is 2.26. The number of nitrogens with two attached hydrogens (primary N) is 1. The van der Waals surface area contributed by atoms with Crippen LogP contribution >= 0.6 is 11.6 Å². The van der Waals surface area contributed by atoms with Crippen LogP contribution < -0.4 is 5.73 Å². The summed E-state index contributed by atoms with van der Waals surface area (Å²) in [5.41, 5.74) is 6.01. The number of nitrogens with zero attached hydrogens (tertiary/aromatic N) is 2. The lowest BCUT2D eigenvalue weighted by Crippen LogP contribution is -2.56. The third-order valence-corrected chi connectivity index (χ3v) is 6.09. The Labute approximate surface area is 125 Å². The first-order valence-electron chi connectivity index (χ1n) is 6.50. The van der Waals surface area contributed by atoms with Gasteiger partial charge >= 0.3 is 0 Å². The standard InChI is InChI=1S/C13H20ClN3O2S/c1-9-7-17(8-10(2)16(9)3)20(18,19)11-4-5-13(15)12(14)6-11/h4-6,9-10H,7-8,15H2,1-3H3. The second kappa shape index (κ2) is 5.52. The molecular formula is C13H20ClN3O2S. The molecule has 0 aromatic heterocycles. The van der Waals surface area contributed by atoms with Crippen molar-refractivity contribution in [1.82, 2.24) is 9.21 Å². The topological polar surface area (TPSA) is 66.6 Å². The van der Waals surface area contributed by atoms with E-state index < -0.39 is 10.0 Å². The minimum absolute atomic E-state index is 0.178. The molecule has 1 heterocycles. The van der Waals surface area contributed by atoms with E-state index in [4.69, 9.17) is 17.3 Å². The van der Waals surface area contributed by atoms with E-state index in [2.05, 4.69) is 4.90 Å². The number of anilines is 1. The Hall–Kier alpha value is -0.820. The number of hydrogen-bond acceptors (Lipinski definition) is 4. The van der Waals surface area contributed by atoms with E-state index in [1.165, 1.54) is 22.5 Å². The molecule has 1 fully saturated rings. The van der Waals surface area contributed by atoms with Crippen LogP contribution in [0.25, 0.3) is 0 Å². The molecule has 112 valence electrons. The monoisotopic (exact) mass is 317 g/mol. The lowest BCUT2D eigenvalue weighted by atomic mass is 10.1. The molecule has 20 heavy (non-hydrogen) atoms. The van der Waals surface area contributed by atoms with Gasteiger partial charge in [0.2, 0.25) is 10.0 Å². The minimum atomic E-state index is -3.52. The zero-order valence-electron chi connectivity index (χ0n) is 11.9. The molecule has 2 atom stereocenters. The van der Waals surface area contributed by atoms with E-state index in [0.29, 0.717) is 18.8 Å². The van der Waals surface area contributed by atoms with Crippen molar-refractivity contribution in [2.75, 3.05) is 25.9 Å². The van der Waals surface area contributed by atoms with Crippen LogP contribution in [0, 0.1) is 0 Å². The summed E-state index contributed by atoms with van der Waals surface area (Å²) in [6.07, 6.45) is 0. The molecule has 0 radical (unpaired) electrons. The van der Waals surface area contributed by atoms with Gasteiger partial charge < -0.3 is 5.73 Å². The largest absolute Gasteiger partial charge is 0.398 e. The van der Waals surface area contributed by atoms with Crippen molar-refractivity contribution in [2.45, 2.75) is 30.8 Å².